The van der Waals surface area contributed by atoms with Crippen LogP contribution < -0.4 is 4.74 Å². The number of carboxylic acid groups (broad SMARTS) is 1. The lowest BCUT2D eigenvalue weighted by Crippen LogP contribution is -2.29. The average molecular weight is 343 g/mol. The predicted octanol–water partition coefficient (Wildman–Crippen LogP) is 3.20. The zero-order chi connectivity index (χ0) is 17.8. The molecule has 3 rings (SSSR count). The summed E-state index contributed by atoms with van der Waals surface area (Å²) in [5.41, 5.74) is 0.773. The number of methoxy groups -OCH3 is 1. The summed E-state index contributed by atoms with van der Waals surface area (Å²) in [5, 5.41) is 9.52. The van der Waals surface area contributed by atoms with Crippen molar-refractivity contribution in [2.45, 2.75) is 32.1 Å². The van der Waals surface area contributed by atoms with Crippen molar-refractivity contribution in [1.82, 2.24) is 4.90 Å². The van der Waals surface area contributed by atoms with Gasteiger partial charge in [-0.05, 0) is 36.8 Å². The minimum atomic E-state index is -1.06. The number of rotatable bonds is 5. The zero-order valence-corrected chi connectivity index (χ0v) is 14.6. The number of nitrogens with zero attached hydrogens (tertiary/aromatic N) is 1. The molecule has 0 radical (unpaired) electrons. The molecule has 0 aromatic heterocycles. The van der Waals surface area contributed by atoms with E-state index in [-0.39, 0.29) is 17.9 Å². The van der Waals surface area contributed by atoms with Crippen LogP contribution in [-0.2, 0) is 9.59 Å². The molecule has 1 aromatic carbocycles. The molecule has 2 atom stereocenters. The fourth-order valence-electron chi connectivity index (χ4n) is 4.05. The van der Waals surface area contributed by atoms with Gasteiger partial charge in [-0.1, -0.05) is 31.0 Å². The fraction of sp³-hybridized carbons (Fsp3) is 0.500. The standard InChI is InChI=1S/C20H25NO4/c1-25-18-9-5-4-6-14(18)10-17(20(23)24)11-19(22)21-12-15-7-2-3-8-16(15)13-21/h4-6,9-10,15-16H,2-3,7-8,11-13H2,1H3,(H,23,24)/t15-,16+. The van der Waals surface area contributed by atoms with Crippen LogP contribution in [0.4, 0.5) is 0 Å². The first-order valence-electron chi connectivity index (χ1n) is 8.93. The van der Waals surface area contributed by atoms with Crippen LogP contribution in [0.25, 0.3) is 6.08 Å². The number of likely N-dealkylation sites (tertiary alicyclic amines) is 1. The number of para-hydroxylation sites is 1. The summed E-state index contributed by atoms with van der Waals surface area (Å²) in [6.07, 6.45) is 6.35. The van der Waals surface area contributed by atoms with Crippen LogP contribution in [-0.4, -0.2) is 42.1 Å². The highest BCUT2D eigenvalue weighted by Gasteiger charge is 2.36. The Morgan fingerprint density at radius 3 is 2.44 bits per heavy atom. The van der Waals surface area contributed by atoms with E-state index in [0.717, 1.165) is 13.1 Å². The first-order chi connectivity index (χ1) is 12.1. The molecule has 2 fully saturated rings. The van der Waals surface area contributed by atoms with Crippen LogP contribution in [0.2, 0.25) is 0 Å². The fourth-order valence-corrected chi connectivity index (χ4v) is 4.05. The van der Waals surface area contributed by atoms with Crippen LogP contribution in [0.3, 0.4) is 0 Å². The number of fused-ring (bicyclic) bond motifs is 1. The Kier molecular flexibility index (Phi) is 5.41. The van der Waals surface area contributed by atoms with Gasteiger partial charge in [0.25, 0.3) is 0 Å². The van der Waals surface area contributed by atoms with E-state index in [4.69, 9.17) is 4.74 Å². The summed E-state index contributed by atoms with van der Waals surface area (Å²) >= 11 is 0. The summed E-state index contributed by atoms with van der Waals surface area (Å²) in [6, 6.07) is 7.21. The molecule has 25 heavy (non-hydrogen) atoms. The van der Waals surface area contributed by atoms with E-state index >= 15 is 0 Å². The molecule has 0 spiro atoms. The Bertz CT molecular complexity index is 668. The summed E-state index contributed by atoms with van der Waals surface area (Å²) in [6.45, 7) is 1.57. The number of amides is 1. The monoisotopic (exact) mass is 343 g/mol. The van der Waals surface area contributed by atoms with Gasteiger partial charge in [-0.25, -0.2) is 4.79 Å². The molecule has 134 valence electrons. The van der Waals surface area contributed by atoms with Gasteiger partial charge in [0.15, 0.2) is 0 Å². The number of hydrogen-bond donors (Lipinski definition) is 1. The summed E-state index contributed by atoms with van der Waals surface area (Å²) in [4.78, 5) is 26.1. The molecule has 5 heteroatoms. The van der Waals surface area contributed by atoms with Gasteiger partial charge in [-0.15, -0.1) is 0 Å². The number of aliphatic carboxylic acids is 1. The van der Waals surface area contributed by atoms with Gasteiger partial charge < -0.3 is 14.7 Å². The van der Waals surface area contributed by atoms with Crippen molar-refractivity contribution in [2.75, 3.05) is 20.2 Å². The van der Waals surface area contributed by atoms with E-state index in [2.05, 4.69) is 0 Å². The minimum absolute atomic E-state index is 0.0766. The van der Waals surface area contributed by atoms with E-state index in [9.17, 15) is 14.7 Å². The first kappa shape index (κ1) is 17.5. The molecule has 1 aliphatic carbocycles. The normalized spacial score (nSPS) is 23.2. The Morgan fingerprint density at radius 1 is 1.20 bits per heavy atom. The van der Waals surface area contributed by atoms with Gasteiger partial charge in [0.2, 0.25) is 5.91 Å². The second kappa shape index (κ2) is 7.72. The second-order valence-electron chi connectivity index (χ2n) is 7.00. The summed E-state index contributed by atoms with van der Waals surface area (Å²) < 4.78 is 5.26. The number of carboxylic acids is 1. The molecule has 1 amide bonds. The van der Waals surface area contributed by atoms with Crippen molar-refractivity contribution in [3.05, 3.63) is 35.4 Å². The molecular formula is C20H25NO4. The lowest BCUT2D eigenvalue weighted by Gasteiger charge is -2.22. The van der Waals surface area contributed by atoms with Crippen molar-refractivity contribution in [1.29, 1.82) is 0 Å². The SMILES string of the molecule is COc1ccccc1C=C(CC(=O)N1C[C@H]2CCCC[C@H]2C1)C(=O)O. The molecule has 1 saturated heterocycles. The van der Waals surface area contributed by atoms with Gasteiger partial charge in [0, 0.05) is 24.2 Å². The third-order valence-corrected chi connectivity index (χ3v) is 5.41. The Balaban J connectivity index is 1.72. The molecule has 1 aliphatic heterocycles. The van der Waals surface area contributed by atoms with E-state index < -0.39 is 5.97 Å². The van der Waals surface area contributed by atoms with Crippen molar-refractivity contribution in [3.8, 4) is 5.75 Å². The van der Waals surface area contributed by atoms with Gasteiger partial charge >= 0.3 is 5.97 Å². The second-order valence-corrected chi connectivity index (χ2v) is 7.00. The Hall–Kier alpha value is -2.30. The Labute approximate surface area is 148 Å². The molecule has 0 bridgehead atoms. The van der Waals surface area contributed by atoms with Crippen molar-refractivity contribution in [2.24, 2.45) is 11.8 Å². The maximum Gasteiger partial charge on any atom is 0.332 e. The summed E-state index contributed by atoms with van der Waals surface area (Å²) in [5.74, 6) is 0.656. The van der Waals surface area contributed by atoms with E-state index in [1.165, 1.54) is 25.7 Å². The molecule has 5 nitrogen and oxygen atoms in total. The summed E-state index contributed by atoms with van der Waals surface area (Å²) in [7, 11) is 1.55. The third kappa shape index (κ3) is 4.03. The predicted molar refractivity (Wildman–Crippen MR) is 95.3 cm³/mol. The van der Waals surface area contributed by atoms with Crippen molar-refractivity contribution < 1.29 is 19.4 Å². The van der Waals surface area contributed by atoms with Crippen LogP contribution in [0.15, 0.2) is 29.8 Å². The van der Waals surface area contributed by atoms with Gasteiger partial charge in [-0.3, -0.25) is 4.79 Å². The largest absolute Gasteiger partial charge is 0.496 e. The highest BCUT2D eigenvalue weighted by atomic mass is 16.5. The number of benzene rings is 1. The maximum atomic E-state index is 12.6. The number of ether oxygens (including phenoxy) is 1. The Morgan fingerprint density at radius 2 is 1.84 bits per heavy atom. The van der Waals surface area contributed by atoms with Crippen LogP contribution in [0.5, 0.6) is 5.75 Å². The van der Waals surface area contributed by atoms with Crippen LogP contribution in [0, 0.1) is 11.8 Å². The van der Waals surface area contributed by atoms with Gasteiger partial charge in [-0.2, -0.15) is 0 Å². The minimum Gasteiger partial charge on any atom is -0.496 e. The topological polar surface area (TPSA) is 66.8 Å². The van der Waals surface area contributed by atoms with Crippen LogP contribution in [0.1, 0.15) is 37.7 Å². The molecule has 1 aromatic rings. The molecule has 1 heterocycles. The number of carbonyl (C=O) groups is 2. The van der Waals surface area contributed by atoms with E-state index in [1.807, 2.05) is 17.0 Å². The highest BCUT2D eigenvalue weighted by molar-refractivity contribution is 5.98. The van der Waals surface area contributed by atoms with E-state index in [0.29, 0.717) is 23.1 Å². The smallest absolute Gasteiger partial charge is 0.332 e. The lowest BCUT2D eigenvalue weighted by molar-refractivity contribution is -0.136. The first-order valence-corrected chi connectivity index (χ1v) is 8.93. The molecule has 1 N–H and O–H groups in total. The number of hydrogen-bond acceptors (Lipinski definition) is 3. The average Bonchev–Trinajstić information content (AvgIpc) is 3.05. The molecule has 0 unspecified atom stereocenters. The zero-order valence-electron chi connectivity index (χ0n) is 14.6. The molecule has 2 aliphatic rings. The van der Waals surface area contributed by atoms with Crippen LogP contribution >= 0.6 is 0 Å². The van der Waals surface area contributed by atoms with Crippen molar-refractivity contribution in [3.63, 3.8) is 0 Å². The van der Waals surface area contributed by atoms with E-state index in [1.54, 1.807) is 25.3 Å². The van der Waals surface area contributed by atoms with Gasteiger partial charge in [0.05, 0.1) is 13.5 Å². The number of carbonyl (C=O) groups excluding carboxylic acids is 1. The highest BCUT2D eigenvalue weighted by Crippen LogP contribution is 2.36. The third-order valence-electron chi connectivity index (χ3n) is 5.41. The van der Waals surface area contributed by atoms with Crippen molar-refractivity contribution >= 4 is 18.0 Å². The molecular weight excluding hydrogens is 318 g/mol. The lowest BCUT2D eigenvalue weighted by atomic mass is 9.82. The maximum absolute atomic E-state index is 12.6. The van der Waals surface area contributed by atoms with Gasteiger partial charge in [0.1, 0.15) is 5.75 Å². The molecule has 1 saturated carbocycles. The quantitative estimate of drug-likeness (QED) is 0.834.